The van der Waals surface area contributed by atoms with Crippen LogP contribution in [0.1, 0.15) is 49.1 Å². The summed E-state index contributed by atoms with van der Waals surface area (Å²) in [6, 6.07) is 10.9. The third-order valence-corrected chi connectivity index (χ3v) is 4.74. The molecular weight excluding hydrogens is 258 g/mol. The van der Waals surface area contributed by atoms with Gasteiger partial charge in [0.1, 0.15) is 0 Å². The molecule has 0 saturated carbocycles. The van der Waals surface area contributed by atoms with Crippen molar-refractivity contribution in [1.82, 2.24) is 15.1 Å². The number of hydrogen-bond acceptors (Lipinski definition) is 2. The molecule has 0 bridgehead atoms. The van der Waals surface area contributed by atoms with Crippen molar-refractivity contribution in [3.8, 4) is 0 Å². The number of nitrogens with one attached hydrogen (secondary N) is 1. The van der Waals surface area contributed by atoms with Gasteiger partial charge >= 0.3 is 0 Å². The van der Waals surface area contributed by atoms with E-state index in [1.807, 2.05) is 6.20 Å². The Morgan fingerprint density at radius 2 is 2.19 bits per heavy atom. The van der Waals surface area contributed by atoms with Crippen molar-refractivity contribution >= 4 is 0 Å². The number of aromatic nitrogens is 2. The maximum atomic E-state index is 4.09. The lowest BCUT2D eigenvalue weighted by Crippen LogP contribution is -2.35. The summed E-state index contributed by atoms with van der Waals surface area (Å²) in [4.78, 5) is 2.63. The number of benzene rings is 1. The Balaban J connectivity index is 1.51. The second-order valence-electron chi connectivity index (χ2n) is 6.27. The van der Waals surface area contributed by atoms with Gasteiger partial charge in [-0.25, -0.2) is 0 Å². The van der Waals surface area contributed by atoms with Crippen molar-refractivity contribution in [1.29, 1.82) is 0 Å². The third kappa shape index (κ3) is 3.73. The molecule has 1 aromatic carbocycles. The van der Waals surface area contributed by atoms with E-state index in [-0.39, 0.29) is 0 Å². The molecule has 2 atom stereocenters. The molecule has 1 fully saturated rings. The number of nitrogens with zero attached hydrogens (tertiary/aromatic N) is 2. The van der Waals surface area contributed by atoms with Crippen LogP contribution >= 0.6 is 0 Å². The smallest absolute Gasteiger partial charge is 0.0522 e. The number of H-pyrrole nitrogens is 1. The zero-order valence-electron chi connectivity index (χ0n) is 12.8. The van der Waals surface area contributed by atoms with Crippen molar-refractivity contribution in [2.75, 3.05) is 19.6 Å². The van der Waals surface area contributed by atoms with E-state index in [9.17, 15) is 0 Å². The van der Waals surface area contributed by atoms with Crippen molar-refractivity contribution in [2.24, 2.45) is 0 Å². The summed E-state index contributed by atoms with van der Waals surface area (Å²) in [5.74, 6) is 1.30. The normalized spacial score (nSPS) is 21.3. The fourth-order valence-corrected chi connectivity index (χ4v) is 3.34. The second kappa shape index (κ2) is 6.90. The van der Waals surface area contributed by atoms with Crippen molar-refractivity contribution in [2.45, 2.75) is 38.0 Å². The van der Waals surface area contributed by atoms with Crippen LogP contribution in [0.2, 0.25) is 0 Å². The molecular formula is C18H25N3. The molecule has 0 aliphatic carbocycles. The van der Waals surface area contributed by atoms with Crippen LogP contribution in [0.3, 0.4) is 0 Å². The Hall–Kier alpha value is -1.61. The van der Waals surface area contributed by atoms with E-state index in [2.05, 4.69) is 58.5 Å². The van der Waals surface area contributed by atoms with E-state index in [0.29, 0.717) is 11.8 Å². The Morgan fingerprint density at radius 3 is 2.95 bits per heavy atom. The minimum atomic E-state index is 0.639. The summed E-state index contributed by atoms with van der Waals surface area (Å²) in [5.41, 5.74) is 2.83. The van der Waals surface area contributed by atoms with E-state index >= 15 is 0 Å². The largest absolute Gasteiger partial charge is 0.303 e. The highest BCUT2D eigenvalue weighted by Crippen LogP contribution is 2.27. The lowest BCUT2D eigenvalue weighted by molar-refractivity contribution is 0.202. The van der Waals surface area contributed by atoms with Crippen LogP contribution in [-0.2, 0) is 0 Å². The highest BCUT2D eigenvalue weighted by atomic mass is 15.1. The van der Waals surface area contributed by atoms with Crippen LogP contribution in [0.25, 0.3) is 0 Å². The van der Waals surface area contributed by atoms with Crippen LogP contribution in [0.4, 0.5) is 0 Å². The maximum Gasteiger partial charge on any atom is 0.0522 e. The molecule has 0 radical (unpaired) electrons. The van der Waals surface area contributed by atoms with E-state index in [4.69, 9.17) is 0 Å². The highest BCUT2D eigenvalue weighted by molar-refractivity contribution is 5.18. The molecule has 1 aliphatic heterocycles. The van der Waals surface area contributed by atoms with E-state index in [1.165, 1.54) is 50.0 Å². The number of aromatic amines is 1. The van der Waals surface area contributed by atoms with Gasteiger partial charge in [0.2, 0.25) is 0 Å². The van der Waals surface area contributed by atoms with E-state index < -0.39 is 0 Å². The first-order valence-corrected chi connectivity index (χ1v) is 8.09. The van der Waals surface area contributed by atoms with E-state index in [1.54, 1.807) is 0 Å². The molecule has 1 N–H and O–H groups in total. The average Bonchev–Trinajstić information content (AvgIpc) is 3.08. The first-order chi connectivity index (χ1) is 10.3. The monoisotopic (exact) mass is 283 g/mol. The zero-order valence-corrected chi connectivity index (χ0v) is 12.8. The lowest BCUT2D eigenvalue weighted by Gasteiger charge is -2.33. The van der Waals surface area contributed by atoms with Crippen molar-refractivity contribution in [3.63, 3.8) is 0 Å². The number of piperidine rings is 1. The van der Waals surface area contributed by atoms with Crippen molar-refractivity contribution < 1.29 is 0 Å². The molecule has 2 heterocycles. The van der Waals surface area contributed by atoms with Gasteiger partial charge in [0.25, 0.3) is 0 Å². The Kier molecular flexibility index (Phi) is 4.71. The summed E-state index contributed by atoms with van der Waals surface area (Å²) in [7, 11) is 0. The minimum absolute atomic E-state index is 0.639. The molecule has 1 aliphatic rings. The molecule has 1 saturated heterocycles. The number of rotatable bonds is 5. The maximum absolute atomic E-state index is 4.09. The first kappa shape index (κ1) is 14.3. The van der Waals surface area contributed by atoms with Gasteiger partial charge < -0.3 is 4.90 Å². The van der Waals surface area contributed by atoms with Crippen LogP contribution in [0.15, 0.2) is 42.7 Å². The molecule has 21 heavy (non-hydrogen) atoms. The summed E-state index contributed by atoms with van der Waals surface area (Å²) in [5, 5.41) is 7.04. The van der Waals surface area contributed by atoms with Crippen LogP contribution in [0.5, 0.6) is 0 Å². The van der Waals surface area contributed by atoms with Gasteiger partial charge in [-0.2, -0.15) is 5.10 Å². The molecule has 2 aromatic rings. The Labute approximate surface area is 127 Å². The van der Waals surface area contributed by atoms with Gasteiger partial charge in [-0.15, -0.1) is 0 Å². The predicted molar refractivity (Wildman–Crippen MR) is 86.5 cm³/mol. The van der Waals surface area contributed by atoms with E-state index in [0.717, 1.165) is 0 Å². The second-order valence-corrected chi connectivity index (χ2v) is 6.27. The van der Waals surface area contributed by atoms with Gasteiger partial charge in [-0.1, -0.05) is 37.3 Å². The fraction of sp³-hybridized carbons (Fsp3) is 0.500. The lowest BCUT2D eigenvalue weighted by atomic mass is 9.92. The molecule has 3 heteroatoms. The average molecular weight is 283 g/mol. The van der Waals surface area contributed by atoms with Crippen molar-refractivity contribution in [3.05, 3.63) is 53.9 Å². The first-order valence-electron chi connectivity index (χ1n) is 8.09. The van der Waals surface area contributed by atoms with Gasteiger partial charge in [-0.3, -0.25) is 5.10 Å². The summed E-state index contributed by atoms with van der Waals surface area (Å²) < 4.78 is 0. The quantitative estimate of drug-likeness (QED) is 0.905. The molecule has 3 nitrogen and oxygen atoms in total. The molecule has 3 rings (SSSR count). The SMILES string of the molecule is C[C@@H](CCN1CCC[C@@H](c2cn[nH]c2)C1)c1ccccc1. The number of likely N-dealkylation sites (tertiary alicyclic amines) is 1. The predicted octanol–water partition coefficient (Wildman–Crippen LogP) is 3.78. The minimum Gasteiger partial charge on any atom is -0.303 e. The highest BCUT2D eigenvalue weighted by Gasteiger charge is 2.22. The molecule has 0 amide bonds. The summed E-state index contributed by atoms with van der Waals surface area (Å²) >= 11 is 0. The molecule has 1 aromatic heterocycles. The fourth-order valence-electron chi connectivity index (χ4n) is 3.34. The standard InChI is InChI=1S/C18H25N3/c1-15(16-6-3-2-4-7-16)9-11-21-10-5-8-17(14-21)18-12-19-20-13-18/h2-4,6-7,12-13,15,17H,5,8-11,14H2,1H3,(H,19,20)/t15-,17+/m0/s1. The number of hydrogen-bond donors (Lipinski definition) is 1. The van der Waals surface area contributed by atoms with Crippen LogP contribution in [-0.4, -0.2) is 34.7 Å². The van der Waals surface area contributed by atoms with Gasteiger partial charge in [-0.05, 0) is 55.3 Å². The van der Waals surface area contributed by atoms with Gasteiger partial charge in [0.15, 0.2) is 0 Å². The molecule has 112 valence electrons. The third-order valence-electron chi connectivity index (χ3n) is 4.74. The molecule has 0 unspecified atom stereocenters. The molecule has 0 spiro atoms. The van der Waals surface area contributed by atoms with Gasteiger partial charge in [0, 0.05) is 12.7 Å². The van der Waals surface area contributed by atoms with Crippen LogP contribution in [0, 0.1) is 0 Å². The Bertz CT molecular complexity index is 521. The summed E-state index contributed by atoms with van der Waals surface area (Å²) in [6.07, 6.45) is 7.88. The zero-order chi connectivity index (χ0) is 14.5. The Morgan fingerprint density at radius 1 is 1.33 bits per heavy atom. The summed E-state index contributed by atoms with van der Waals surface area (Å²) in [6.45, 7) is 5.97. The topological polar surface area (TPSA) is 31.9 Å². The van der Waals surface area contributed by atoms with Crippen LogP contribution < -0.4 is 0 Å². The van der Waals surface area contributed by atoms with Gasteiger partial charge in [0.05, 0.1) is 6.20 Å².